The molecule has 1 fully saturated rings. The Kier molecular flexibility index (Phi) is 4.97. The number of anilines is 2. The molecule has 0 spiro atoms. The Morgan fingerprint density at radius 3 is 2.81 bits per heavy atom. The van der Waals surface area contributed by atoms with Gasteiger partial charge in [0.15, 0.2) is 17.3 Å². The third-order valence-corrected chi connectivity index (χ3v) is 5.10. The summed E-state index contributed by atoms with van der Waals surface area (Å²) in [6, 6.07) is 5.47. The lowest BCUT2D eigenvalue weighted by Crippen LogP contribution is -2.30. The van der Waals surface area contributed by atoms with Crippen LogP contribution in [0.1, 0.15) is 29.8 Å². The van der Waals surface area contributed by atoms with E-state index in [1.54, 1.807) is 6.07 Å². The molecule has 1 aliphatic rings. The van der Waals surface area contributed by atoms with Crippen molar-refractivity contribution in [2.24, 2.45) is 0 Å². The van der Waals surface area contributed by atoms with Crippen LogP contribution in [0.25, 0.3) is 10.8 Å². The molecule has 0 unspecified atom stereocenters. The Morgan fingerprint density at radius 2 is 2.07 bits per heavy atom. The van der Waals surface area contributed by atoms with Gasteiger partial charge in [0.1, 0.15) is 0 Å². The first kappa shape index (κ1) is 17.4. The first-order valence-corrected chi connectivity index (χ1v) is 9.48. The minimum absolute atomic E-state index is 0.00707. The van der Waals surface area contributed by atoms with Crippen LogP contribution in [0.3, 0.4) is 0 Å². The van der Waals surface area contributed by atoms with Crippen molar-refractivity contribution in [2.75, 3.05) is 30.4 Å². The molecule has 27 heavy (non-hydrogen) atoms. The number of nitrogens with zero attached hydrogens (tertiary/aromatic N) is 5. The summed E-state index contributed by atoms with van der Waals surface area (Å²) < 4.78 is 10.8. The predicted octanol–water partition coefficient (Wildman–Crippen LogP) is 2.84. The molecule has 0 aromatic carbocycles. The molecule has 0 radical (unpaired) electrons. The molecule has 0 atom stereocenters. The highest BCUT2D eigenvalue weighted by Gasteiger charge is 2.21. The van der Waals surface area contributed by atoms with Gasteiger partial charge < -0.3 is 14.1 Å². The minimum atomic E-state index is -0.522. The largest absolute Gasteiger partial charge is 0.494 e. The average Bonchev–Trinajstić information content (AvgIpc) is 3.40. The van der Waals surface area contributed by atoms with Gasteiger partial charge >= 0.3 is 6.01 Å². The van der Waals surface area contributed by atoms with Crippen LogP contribution in [-0.4, -0.2) is 46.5 Å². The molecule has 0 aliphatic carbocycles. The summed E-state index contributed by atoms with van der Waals surface area (Å²) in [5.41, 5.74) is 0.0640. The van der Waals surface area contributed by atoms with Gasteiger partial charge in [0.05, 0.1) is 12.0 Å². The molecule has 1 N–H and O–H groups in total. The van der Waals surface area contributed by atoms with E-state index in [0.29, 0.717) is 17.5 Å². The van der Waals surface area contributed by atoms with Gasteiger partial charge in [-0.05, 0) is 30.7 Å². The highest BCUT2D eigenvalue weighted by molar-refractivity contribution is 7.13. The zero-order valence-corrected chi connectivity index (χ0v) is 15.5. The number of hydrogen-bond donors (Lipinski definition) is 1. The van der Waals surface area contributed by atoms with Crippen molar-refractivity contribution in [2.45, 2.75) is 19.3 Å². The highest BCUT2D eigenvalue weighted by atomic mass is 32.1. The van der Waals surface area contributed by atoms with Crippen LogP contribution < -0.4 is 15.0 Å². The molecule has 0 bridgehead atoms. The molecular formula is C17H18N6O3S. The standard InChI is InChI=1S/C17H18N6O3S/c1-25-11-10-13(23-7-3-2-4-8-23)19-20-14(11)15(24)18-17-22-21-16(26-17)12-6-5-9-27-12/h5-6,9-10H,2-4,7-8H2,1H3,(H,18,22,24). The fourth-order valence-electron chi connectivity index (χ4n) is 2.89. The summed E-state index contributed by atoms with van der Waals surface area (Å²) in [5.74, 6) is 0.881. The number of nitrogens with one attached hydrogen (secondary N) is 1. The van der Waals surface area contributed by atoms with Crippen LogP contribution in [-0.2, 0) is 0 Å². The van der Waals surface area contributed by atoms with E-state index >= 15 is 0 Å². The number of aromatic nitrogens is 4. The Morgan fingerprint density at radius 1 is 1.22 bits per heavy atom. The molecule has 0 saturated carbocycles. The maximum Gasteiger partial charge on any atom is 0.322 e. The third kappa shape index (κ3) is 3.75. The van der Waals surface area contributed by atoms with E-state index in [9.17, 15) is 4.79 Å². The van der Waals surface area contributed by atoms with Crippen LogP contribution in [0, 0.1) is 0 Å². The molecule has 3 aromatic heterocycles. The topological polar surface area (TPSA) is 106 Å². The van der Waals surface area contributed by atoms with Gasteiger partial charge in [-0.1, -0.05) is 11.2 Å². The number of rotatable bonds is 5. The number of piperidine rings is 1. The minimum Gasteiger partial charge on any atom is -0.494 e. The number of amides is 1. The van der Waals surface area contributed by atoms with Gasteiger partial charge in [-0.15, -0.1) is 26.6 Å². The van der Waals surface area contributed by atoms with E-state index in [2.05, 4.69) is 30.6 Å². The Hall–Kier alpha value is -3.01. The summed E-state index contributed by atoms with van der Waals surface area (Å²) in [4.78, 5) is 15.5. The third-order valence-electron chi connectivity index (χ3n) is 4.24. The van der Waals surface area contributed by atoms with E-state index < -0.39 is 5.91 Å². The van der Waals surface area contributed by atoms with Crippen molar-refractivity contribution in [3.8, 4) is 16.5 Å². The number of ether oxygens (including phenoxy) is 1. The summed E-state index contributed by atoms with van der Waals surface area (Å²) in [7, 11) is 1.50. The zero-order valence-electron chi connectivity index (χ0n) is 14.7. The van der Waals surface area contributed by atoms with Gasteiger partial charge in [0.2, 0.25) is 0 Å². The van der Waals surface area contributed by atoms with Gasteiger partial charge in [-0.2, -0.15) is 0 Å². The summed E-state index contributed by atoms with van der Waals surface area (Å²) >= 11 is 1.47. The molecule has 1 aliphatic heterocycles. The number of thiophene rings is 1. The molecule has 1 saturated heterocycles. The van der Waals surface area contributed by atoms with Gasteiger partial charge in [0, 0.05) is 19.2 Å². The number of hydrogen-bond acceptors (Lipinski definition) is 9. The van der Waals surface area contributed by atoms with Crippen LogP contribution in [0.4, 0.5) is 11.8 Å². The Bertz CT molecular complexity index is 921. The van der Waals surface area contributed by atoms with Crippen LogP contribution >= 0.6 is 11.3 Å². The monoisotopic (exact) mass is 386 g/mol. The second kappa shape index (κ2) is 7.70. The maximum absolute atomic E-state index is 12.5. The fourth-order valence-corrected chi connectivity index (χ4v) is 3.53. The van der Waals surface area contributed by atoms with Crippen LogP contribution in [0.15, 0.2) is 28.0 Å². The van der Waals surface area contributed by atoms with Gasteiger partial charge in [-0.3, -0.25) is 10.1 Å². The molecule has 1 amide bonds. The molecule has 9 nitrogen and oxygen atoms in total. The second-order valence-electron chi connectivity index (χ2n) is 6.01. The van der Waals surface area contributed by atoms with E-state index in [4.69, 9.17) is 9.15 Å². The molecule has 4 heterocycles. The Labute approximate surface area is 159 Å². The van der Waals surface area contributed by atoms with Crippen LogP contribution in [0.2, 0.25) is 0 Å². The van der Waals surface area contributed by atoms with Crippen molar-refractivity contribution >= 4 is 29.1 Å². The lowest BCUT2D eigenvalue weighted by atomic mass is 10.1. The molecule has 10 heteroatoms. The lowest BCUT2D eigenvalue weighted by Gasteiger charge is -2.27. The number of carbonyl (C=O) groups is 1. The predicted molar refractivity (Wildman–Crippen MR) is 100 cm³/mol. The van der Waals surface area contributed by atoms with Gasteiger partial charge in [0.25, 0.3) is 11.8 Å². The van der Waals surface area contributed by atoms with Crippen molar-refractivity contribution in [3.05, 3.63) is 29.3 Å². The van der Waals surface area contributed by atoms with Crippen LogP contribution in [0.5, 0.6) is 5.75 Å². The molecule has 3 aromatic rings. The quantitative estimate of drug-likeness (QED) is 0.713. The highest BCUT2D eigenvalue weighted by Crippen LogP contribution is 2.26. The van der Waals surface area contributed by atoms with E-state index in [0.717, 1.165) is 30.8 Å². The van der Waals surface area contributed by atoms with E-state index in [1.807, 2.05) is 17.5 Å². The smallest absolute Gasteiger partial charge is 0.322 e. The fraction of sp³-hybridized carbons (Fsp3) is 0.353. The second-order valence-corrected chi connectivity index (χ2v) is 6.96. The average molecular weight is 386 g/mol. The normalized spacial score (nSPS) is 14.2. The Balaban J connectivity index is 1.51. The van der Waals surface area contributed by atoms with Crippen molar-refractivity contribution in [3.63, 3.8) is 0 Å². The van der Waals surface area contributed by atoms with E-state index in [-0.39, 0.29) is 11.7 Å². The van der Waals surface area contributed by atoms with Gasteiger partial charge in [-0.25, -0.2) is 0 Å². The maximum atomic E-state index is 12.5. The SMILES string of the molecule is COc1cc(N2CCCCC2)nnc1C(=O)Nc1nnc(-c2cccs2)o1. The number of carbonyl (C=O) groups excluding carboxylic acids is 1. The molecule has 4 rings (SSSR count). The van der Waals surface area contributed by atoms with Crippen molar-refractivity contribution in [1.29, 1.82) is 0 Å². The number of methoxy groups -OCH3 is 1. The summed E-state index contributed by atoms with van der Waals surface area (Å²) in [6.07, 6.45) is 3.46. The van der Waals surface area contributed by atoms with E-state index in [1.165, 1.54) is 24.9 Å². The lowest BCUT2D eigenvalue weighted by molar-refractivity contribution is 0.101. The first-order chi connectivity index (χ1) is 13.2. The first-order valence-electron chi connectivity index (χ1n) is 8.60. The molecule has 140 valence electrons. The summed E-state index contributed by atoms with van der Waals surface area (Å²) in [5, 5.41) is 20.5. The zero-order chi connectivity index (χ0) is 18.6. The van der Waals surface area contributed by atoms with Crippen molar-refractivity contribution < 1.29 is 13.9 Å². The van der Waals surface area contributed by atoms with Crippen molar-refractivity contribution in [1.82, 2.24) is 20.4 Å². The summed E-state index contributed by atoms with van der Waals surface area (Å²) in [6.45, 7) is 1.85. The molecular weight excluding hydrogens is 368 g/mol.